The summed E-state index contributed by atoms with van der Waals surface area (Å²) in [7, 11) is 1.69. The zero-order valence-corrected chi connectivity index (χ0v) is 8.12. The van der Waals surface area contributed by atoms with Gasteiger partial charge in [0, 0.05) is 26.3 Å². The Morgan fingerprint density at radius 2 is 2.27 bits per heavy atom. The van der Waals surface area contributed by atoms with Gasteiger partial charge in [-0.05, 0) is 6.07 Å². The van der Waals surface area contributed by atoms with Crippen LogP contribution in [0, 0.1) is 0 Å². The van der Waals surface area contributed by atoms with E-state index in [4.69, 9.17) is 5.11 Å². The largest absolute Gasteiger partial charge is 0.415 e. The van der Waals surface area contributed by atoms with E-state index in [1.807, 2.05) is 0 Å². The number of aromatic nitrogens is 2. The number of aryl methyl sites for hydroxylation is 1. The third kappa shape index (κ3) is 3.52. The predicted octanol–water partition coefficient (Wildman–Crippen LogP) is 0.433. The molecule has 4 nitrogen and oxygen atoms in total. The smallest absolute Gasteiger partial charge is 0.382 e. The summed E-state index contributed by atoms with van der Waals surface area (Å²) >= 11 is 0. The average Bonchev–Trinajstić information content (AvgIpc) is 2.50. The van der Waals surface area contributed by atoms with Crippen molar-refractivity contribution in [3.8, 4) is 0 Å². The van der Waals surface area contributed by atoms with Crippen LogP contribution in [0.2, 0.25) is 0 Å². The monoisotopic (exact) mass is 223 g/mol. The molecule has 0 aliphatic heterocycles. The molecule has 0 aliphatic carbocycles. The van der Waals surface area contributed by atoms with E-state index in [2.05, 4.69) is 10.4 Å². The Hall–Kier alpha value is -1.08. The third-order valence-corrected chi connectivity index (χ3v) is 1.94. The first-order valence-corrected chi connectivity index (χ1v) is 4.33. The maximum absolute atomic E-state index is 11.9. The first-order valence-electron chi connectivity index (χ1n) is 4.33. The SMILES string of the molecule is Cn1nccc1CNCC(O)C(F)(F)F. The number of nitrogens with one attached hydrogen (secondary N) is 1. The fourth-order valence-corrected chi connectivity index (χ4v) is 1.03. The Labute approximate surface area is 84.7 Å². The van der Waals surface area contributed by atoms with Gasteiger partial charge in [0.1, 0.15) is 0 Å². The molecule has 0 bridgehead atoms. The summed E-state index contributed by atoms with van der Waals surface area (Å²) in [6.45, 7) is -0.279. The van der Waals surface area contributed by atoms with Crippen LogP contribution in [0.4, 0.5) is 13.2 Å². The lowest BCUT2D eigenvalue weighted by Gasteiger charge is -2.14. The molecule has 0 spiro atoms. The molecule has 0 fully saturated rings. The Balaban J connectivity index is 2.31. The van der Waals surface area contributed by atoms with E-state index in [0.717, 1.165) is 5.69 Å². The van der Waals surface area contributed by atoms with Gasteiger partial charge < -0.3 is 10.4 Å². The summed E-state index contributed by atoms with van der Waals surface area (Å²) < 4.78 is 37.2. The van der Waals surface area contributed by atoms with E-state index in [-0.39, 0.29) is 6.54 Å². The fraction of sp³-hybridized carbons (Fsp3) is 0.625. The molecule has 1 rings (SSSR count). The van der Waals surface area contributed by atoms with Crippen molar-refractivity contribution in [3.63, 3.8) is 0 Å². The standard InChI is InChI=1S/C8H12F3N3O/c1-14-6(2-3-13-14)4-12-5-7(15)8(9,10)11/h2-3,7,12,15H,4-5H2,1H3. The predicted molar refractivity (Wildman–Crippen MR) is 47.0 cm³/mol. The van der Waals surface area contributed by atoms with Gasteiger partial charge in [-0.15, -0.1) is 0 Å². The number of hydrogen-bond acceptors (Lipinski definition) is 3. The van der Waals surface area contributed by atoms with Crippen LogP contribution in [-0.4, -0.2) is 33.7 Å². The summed E-state index contributed by atoms with van der Waals surface area (Å²) in [4.78, 5) is 0. The Bertz CT molecular complexity index is 310. The molecule has 1 heterocycles. The summed E-state index contributed by atoms with van der Waals surface area (Å²) in [5, 5.41) is 15.0. The molecule has 0 radical (unpaired) electrons. The third-order valence-electron chi connectivity index (χ3n) is 1.94. The summed E-state index contributed by atoms with van der Waals surface area (Å²) in [5.41, 5.74) is 0.754. The van der Waals surface area contributed by atoms with Crippen molar-refractivity contribution in [1.29, 1.82) is 0 Å². The van der Waals surface area contributed by atoms with Crippen molar-refractivity contribution in [2.75, 3.05) is 6.54 Å². The second kappa shape index (κ2) is 4.63. The van der Waals surface area contributed by atoms with E-state index in [0.29, 0.717) is 0 Å². The molecule has 0 aromatic carbocycles. The molecule has 0 aliphatic rings. The molecule has 0 amide bonds. The second-order valence-electron chi connectivity index (χ2n) is 3.13. The summed E-state index contributed by atoms with van der Waals surface area (Å²) in [6, 6.07) is 1.69. The van der Waals surface area contributed by atoms with Crippen molar-refractivity contribution >= 4 is 0 Å². The molecular formula is C8H12F3N3O. The number of nitrogens with zero attached hydrogens (tertiary/aromatic N) is 2. The van der Waals surface area contributed by atoms with Crippen LogP contribution < -0.4 is 5.32 Å². The molecule has 86 valence electrons. The molecule has 15 heavy (non-hydrogen) atoms. The summed E-state index contributed by atoms with van der Waals surface area (Å²) in [6.07, 6.45) is -5.35. The van der Waals surface area contributed by atoms with Gasteiger partial charge in [0.05, 0.1) is 5.69 Å². The quantitative estimate of drug-likeness (QED) is 0.778. The van der Waals surface area contributed by atoms with Gasteiger partial charge >= 0.3 is 6.18 Å². The van der Waals surface area contributed by atoms with Gasteiger partial charge in [-0.2, -0.15) is 18.3 Å². The second-order valence-corrected chi connectivity index (χ2v) is 3.13. The first-order chi connectivity index (χ1) is 6.91. The molecule has 0 saturated heterocycles. The highest BCUT2D eigenvalue weighted by atomic mass is 19.4. The number of aliphatic hydroxyl groups excluding tert-OH is 1. The molecule has 2 N–H and O–H groups in total. The number of halogens is 3. The lowest BCUT2D eigenvalue weighted by Crippen LogP contribution is -2.38. The zero-order chi connectivity index (χ0) is 11.5. The average molecular weight is 223 g/mol. The van der Waals surface area contributed by atoms with Gasteiger partial charge in [-0.25, -0.2) is 0 Å². The molecule has 1 atom stereocenters. The van der Waals surface area contributed by atoms with E-state index in [1.54, 1.807) is 24.0 Å². The lowest BCUT2D eigenvalue weighted by atomic mass is 10.3. The number of hydrogen-bond donors (Lipinski definition) is 2. The van der Waals surface area contributed by atoms with Crippen molar-refractivity contribution < 1.29 is 18.3 Å². The number of aliphatic hydroxyl groups is 1. The zero-order valence-electron chi connectivity index (χ0n) is 8.12. The topological polar surface area (TPSA) is 50.1 Å². The molecular weight excluding hydrogens is 211 g/mol. The maximum Gasteiger partial charge on any atom is 0.415 e. The van der Waals surface area contributed by atoms with Gasteiger partial charge in [-0.3, -0.25) is 4.68 Å². The minimum Gasteiger partial charge on any atom is -0.382 e. The van der Waals surface area contributed by atoms with Gasteiger partial charge in [0.2, 0.25) is 0 Å². The number of rotatable bonds is 4. The van der Waals surface area contributed by atoms with E-state index in [9.17, 15) is 13.2 Å². The van der Waals surface area contributed by atoms with Gasteiger partial charge in [0.15, 0.2) is 6.10 Å². The Morgan fingerprint density at radius 3 is 2.73 bits per heavy atom. The molecule has 1 aromatic heterocycles. The van der Waals surface area contributed by atoms with Crippen molar-refractivity contribution in [2.45, 2.75) is 18.8 Å². The molecule has 0 saturated carbocycles. The highest BCUT2D eigenvalue weighted by Gasteiger charge is 2.37. The van der Waals surface area contributed by atoms with Crippen molar-refractivity contribution in [1.82, 2.24) is 15.1 Å². The normalized spacial score (nSPS) is 14.2. The van der Waals surface area contributed by atoms with Crippen LogP contribution in [0.15, 0.2) is 12.3 Å². The molecule has 1 unspecified atom stereocenters. The first kappa shape index (κ1) is 12.0. The lowest BCUT2D eigenvalue weighted by molar-refractivity contribution is -0.201. The molecule has 7 heteroatoms. The van der Waals surface area contributed by atoms with Gasteiger partial charge in [-0.1, -0.05) is 0 Å². The highest BCUT2D eigenvalue weighted by molar-refractivity contribution is 4.99. The minimum absolute atomic E-state index is 0.240. The van der Waals surface area contributed by atoms with Gasteiger partial charge in [0.25, 0.3) is 0 Å². The number of alkyl halides is 3. The van der Waals surface area contributed by atoms with Crippen LogP contribution in [0.5, 0.6) is 0 Å². The summed E-state index contributed by atoms with van der Waals surface area (Å²) in [5.74, 6) is 0. The van der Waals surface area contributed by atoms with Crippen LogP contribution in [0.25, 0.3) is 0 Å². The maximum atomic E-state index is 11.9. The van der Waals surface area contributed by atoms with Crippen molar-refractivity contribution in [3.05, 3.63) is 18.0 Å². The Kier molecular flexibility index (Phi) is 3.70. The van der Waals surface area contributed by atoms with Crippen molar-refractivity contribution in [2.24, 2.45) is 7.05 Å². The van der Waals surface area contributed by atoms with Crippen LogP contribution in [0.3, 0.4) is 0 Å². The van der Waals surface area contributed by atoms with E-state index in [1.165, 1.54) is 0 Å². The molecule has 1 aromatic rings. The van der Waals surface area contributed by atoms with Crippen LogP contribution in [-0.2, 0) is 13.6 Å². The van der Waals surface area contributed by atoms with E-state index >= 15 is 0 Å². The van der Waals surface area contributed by atoms with Crippen LogP contribution in [0.1, 0.15) is 5.69 Å². The Morgan fingerprint density at radius 1 is 1.60 bits per heavy atom. The fourth-order valence-electron chi connectivity index (χ4n) is 1.03. The van der Waals surface area contributed by atoms with E-state index < -0.39 is 18.8 Å². The highest BCUT2D eigenvalue weighted by Crippen LogP contribution is 2.19. The van der Waals surface area contributed by atoms with Crippen LogP contribution >= 0.6 is 0 Å². The minimum atomic E-state index is -4.57.